The van der Waals surface area contributed by atoms with Crippen LogP contribution in [0.2, 0.25) is 0 Å². The Labute approximate surface area is 94.0 Å². The number of carboxylic acid groups (broad SMARTS) is 1. The molecule has 0 aromatic heterocycles. The Morgan fingerprint density at radius 1 is 1.07 bits per heavy atom. The van der Waals surface area contributed by atoms with Gasteiger partial charge in [-0.25, -0.2) is 4.79 Å². The van der Waals surface area contributed by atoms with E-state index in [0.29, 0.717) is 0 Å². The summed E-state index contributed by atoms with van der Waals surface area (Å²) < 4.78 is 1.28. The van der Waals surface area contributed by atoms with Crippen LogP contribution in [0.1, 0.15) is 34.6 Å². The molecule has 3 nitrogen and oxygen atoms in total. The monoisotopic (exact) mass is 216 g/mol. The van der Waals surface area contributed by atoms with Gasteiger partial charge in [-0.05, 0) is 34.6 Å². The summed E-state index contributed by atoms with van der Waals surface area (Å²) >= 11 is 0. The van der Waals surface area contributed by atoms with Gasteiger partial charge in [-0.3, -0.25) is 0 Å². The predicted octanol–water partition coefficient (Wildman–Crippen LogP) is 2.53. The van der Waals surface area contributed by atoms with Gasteiger partial charge in [-0.2, -0.15) is 0 Å². The standard InChI is InChI=1S/C8H20N.C4H6O2/c1-5-9(6-2,7-3)8-4;1-2-3-4(5)6/h5-8H2,1-4H3;2-3H,1H3,(H,5,6)/q+1;/b;3-2+. The van der Waals surface area contributed by atoms with E-state index in [9.17, 15) is 4.79 Å². The molecule has 0 heterocycles. The Balaban J connectivity index is 0. The lowest BCUT2D eigenvalue weighted by Gasteiger charge is -2.34. The van der Waals surface area contributed by atoms with E-state index in [2.05, 4.69) is 27.7 Å². The van der Waals surface area contributed by atoms with Crippen LogP contribution in [0.15, 0.2) is 12.2 Å². The zero-order valence-electron chi connectivity index (χ0n) is 10.8. The maximum absolute atomic E-state index is 9.51. The third-order valence-electron chi connectivity index (χ3n) is 2.99. The number of hydrogen-bond acceptors (Lipinski definition) is 1. The normalized spacial score (nSPS) is 11.0. The summed E-state index contributed by atoms with van der Waals surface area (Å²) in [6, 6.07) is 0. The van der Waals surface area contributed by atoms with E-state index in [-0.39, 0.29) is 0 Å². The minimum absolute atomic E-state index is 0.891. The van der Waals surface area contributed by atoms with Gasteiger partial charge < -0.3 is 9.59 Å². The van der Waals surface area contributed by atoms with E-state index in [4.69, 9.17) is 5.11 Å². The highest BCUT2D eigenvalue weighted by Gasteiger charge is 2.16. The number of allylic oxidation sites excluding steroid dienone is 1. The molecule has 3 heteroatoms. The molecule has 1 N–H and O–H groups in total. The third kappa shape index (κ3) is 8.18. The molecule has 0 saturated carbocycles. The molecule has 0 aliphatic heterocycles. The fraction of sp³-hybridized carbons (Fsp3) is 0.750. The fourth-order valence-corrected chi connectivity index (χ4v) is 1.48. The highest BCUT2D eigenvalue weighted by atomic mass is 16.4. The van der Waals surface area contributed by atoms with Gasteiger partial charge in [-0.15, -0.1) is 0 Å². The van der Waals surface area contributed by atoms with Crippen molar-refractivity contribution in [2.45, 2.75) is 34.6 Å². The van der Waals surface area contributed by atoms with Crippen LogP contribution < -0.4 is 0 Å². The van der Waals surface area contributed by atoms with Gasteiger partial charge in [0.15, 0.2) is 0 Å². The molecule has 0 aliphatic rings. The van der Waals surface area contributed by atoms with Gasteiger partial charge in [0.2, 0.25) is 0 Å². The molecule has 0 radical (unpaired) electrons. The zero-order chi connectivity index (χ0) is 12.3. The minimum Gasteiger partial charge on any atom is -0.478 e. The zero-order valence-corrected chi connectivity index (χ0v) is 10.8. The van der Waals surface area contributed by atoms with E-state index >= 15 is 0 Å². The maximum Gasteiger partial charge on any atom is 0.327 e. The van der Waals surface area contributed by atoms with Crippen LogP contribution >= 0.6 is 0 Å². The average molecular weight is 216 g/mol. The van der Waals surface area contributed by atoms with E-state index in [0.717, 1.165) is 6.08 Å². The molecule has 0 aromatic rings. The highest BCUT2D eigenvalue weighted by molar-refractivity contribution is 5.79. The average Bonchev–Trinajstić information content (AvgIpc) is 2.23. The van der Waals surface area contributed by atoms with Gasteiger partial charge in [0, 0.05) is 6.08 Å². The number of hydrogen-bond donors (Lipinski definition) is 1. The smallest absolute Gasteiger partial charge is 0.327 e. The summed E-state index contributed by atoms with van der Waals surface area (Å²) in [4.78, 5) is 9.51. The summed E-state index contributed by atoms with van der Waals surface area (Å²) in [7, 11) is 0. The van der Waals surface area contributed by atoms with Crippen LogP contribution in [-0.2, 0) is 4.79 Å². The number of rotatable bonds is 5. The number of aliphatic carboxylic acids is 1. The summed E-state index contributed by atoms with van der Waals surface area (Å²) in [5, 5.41) is 7.83. The Morgan fingerprint density at radius 2 is 1.40 bits per heavy atom. The molecular formula is C12H26NO2+. The second-order valence-corrected chi connectivity index (χ2v) is 3.44. The predicted molar refractivity (Wildman–Crippen MR) is 64.9 cm³/mol. The first kappa shape index (κ1) is 16.6. The van der Waals surface area contributed by atoms with Crippen LogP contribution in [0.5, 0.6) is 0 Å². The van der Waals surface area contributed by atoms with Gasteiger partial charge in [0.05, 0.1) is 26.2 Å². The molecule has 0 unspecified atom stereocenters. The largest absolute Gasteiger partial charge is 0.478 e. The molecule has 0 aliphatic carbocycles. The van der Waals surface area contributed by atoms with Crippen molar-refractivity contribution >= 4 is 5.97 Å². The molecule has 90 valence electrons. The summed E-state index contributed by atoms with van der Waals surface area (Å²) in [5.74, 6) is -0.891. The molecule has 15 heavy (non-hydrogen) atoms. The maximum atomic E-state index is 9.51. The van der Waals surface area contributed by atoms with Crippen molar-refractivity contribution in [3.8, 4) is 0 Å². The Bertz CT molecular complexity index is 167. The van der Waals surface area contributed by atoms with Crippen LogP contribution in [0.25, 0.3) is 0 Å². The Hall–Kier alpha value is -0.830. The molecule has 0 bridgehead atoms. The van der Waals surface area contributed by atoms with Crippen molar-refractivity contribution in [1.29, 1.82) is 0 Å². The van der Waals surface area contributed by atoms with E-state index in [1.807, 2.05) is 0 Å². The lowest BCUT2D eigenvalue weighted by atomic mass is 10.3. The van der Waals surface area contributed by atoms with E-state index in [1.165, 1.54) is 36.7 Å². The fourth-order valence-electron chi connectivity index (χ4n) is 1.48. The van der Waals surface area contributed by atoms with Crippen LogP contribution in [0.3, 0.4) is 0 Å². The molecule has 0 spiro atoms. The molecular weight excluding hydrogens is 190 g/mol. The second-order valence-electron chi connectivity index (χ2n) is 3.44. The van der Waals surface area contributed by atoms with Crippen LogP contribution in [0, 0.1) is 0 Å². The van der Waals surface area contributed by atoms with Crippen LogP contribution in [-0.4, -0.2) is 41.7 Å². The summed E-state index contributed by atoms with van der Waals surface area (Å²) in [6.07, 6.45) is 2.56. The first-order chi connectivity index (χ1) is 7.01. The Kier molecular flexibility index (Phi) is 10.7. The van der Waals surface area contributed by atoms with Crippen LogP contribution in [0.4, 0.5) is 0 Å². The van der Waals surface area contributed by atoms with Gasteiger partial charge in [0.1, 0.15) is 0 Å². The third-order valence-corrected chi connectivity index (χ3v) is 2.99. The first-order valence-corrected chi connectivity index (χ1v) is 5.72. The van der Waals surface area contributed by atoms with Gasteiger partial charge >= 0.3 is 5.97 Å². The molecule has 0 fully saturated rings. The van der Waals surface area contributed by atoms with Gasteiger partial charge in [0.25, 0.3) is 0 Å². The minimum atomic E-state index is -0.891. The molecule has 0 saturated heterocycles. The molecule has 0 atom stereocenters. The molecule has 0 amide bonds. The molecule has 0 rings (SSSR count). The van der Waals surface area contributed by atoms with Crippen molar-refractivity contribution in [3.63, 3.8) is 0 Å². The van der Waals surface area contributed by atoms with Crippen molar-refractivity contribution in [2.24, 2.45) is 0 Å². The lowest BCUT2D eigenvalue weighted by Crippen LogP contribution is -2.47. The number of carboxylic acids is 1. The summed E-state index contributed by atoms with van der Waals surface area (Å²) in [5.41, 5.74) is 0. The van der Waals surface area contributed by atoms with Crippen molar-refractivity contribution < 1.29 is 14.4 Å². The number of quaternary nitrogens is 1. The lowest BCUT2D eigenvalue weighted by molar-refractivity contribution is -0.921. The summed E-state index contributed by atoms with van der Waals surface area (Å²) in [6.45, 7) is 15.9. The number of nitrogens with zero attached hydrogens (tertiary/aromatic N) is 1. The number of carbonyl (C=O) groups is 1. The van der Waals surface area contributed by atoms with Gasteiger partial charge in [-0.1, -0.05) is 6.08 Å². The van der Waals surface area contributed by atoms with Crippen molar-refractivity contribution in [2.75, 3.05) is 26.2 Å². The van der Waals surface area contributed by atoms with Crippen molar-refractivity contribution in [3.05, 3.63) is 12.2 Å². The second kappa shape index (κ2) is 9.71. The quantitative estimate of drug-likeness (QED) is 0.566. The van der Waals surface area contributed by atoms with Crippen molar-refractivity contribution in [1.82, 2.24) is 0 Å². The highest BCUT2D eigenvalue weighted by Crippen LogP contribution is 2.03. The van der Waals surface area contributed by atoms with E-state index < -0.39 is 5.97 Å². The SMILES string of the molecule is C/C=C/C(=O)O.CC[N+](CC)(CC)CC. The first-order valence-electron chi connectivity index (χ1n) is 5.72. The molecule has 0 aromatic carbocycles. The topological polar surface area (TPSA) is 37.3 Å². The van der Waals surface area contributed by atoms with E-state index in [1.54, 1.807) is 6.92 Å². The Morgan fingerprint density at radius 3 is 1.40 bits per heavy atom.